The fraction of sp³-hybridized carbons (Fsp3) is 0.316. The highest BCUT2D eigenvalue weighted by Crippen LogP contribution is 2.19. The molecule has 0 fully saturated rings. The Morgan fingerprint density at radius 1 is 1.08 bits per heavy atom. The van der Waals surface area contributed by atoms with Crippen LogP contribution in [0.5, 0.6) is 5.75 Å². The molecular formula is C19H21NO5. The summed E-state index contributed by atoms with van der Waals surface area (Å²) in [6, 6.07) is 6.49. The van der Waals surface area contributed by atoms with Gasteiger partial charge in [-0.05, 0) is 57.5 Å². The Balaban J connectivity index is 2.03. The first kappa shape index (κ1) is 18.4. The molecule has 25 heavy (non-hydrogen) atoms. The topological polar surface area (TPSA) is 85.5 Å². The Labute approximate surface area is 146 Å². The number of nitrogens with one attached hydrogen (secondary N) is 1. The number of rotatable bonds is 7. The molecule has 132 valence electrons. The number of aryl methyl sites for hydroxylation is 1. The monoisotopic (exact) mass is 343 g/mol. The van der Waals surface area contributed by atoms with Gasteiger partial charge < -0.3 is 14.5 Å². The molecule has 0 aliphatic carbocycles. The zero-order valence-corrected chi connectivity index (χ0v) is 14.8. The van der Waals surface area contributed by atoms with E-state index in [0.717, 1.165) is 0 Å². The van der Waals surface area contributed by atoms with Gasteiger partial charge in [-0.25, -0.2) is 4.79 Å². The Morgan fingerprint density at radius 3 is 2.24 bits per heavy atom. The van der Waals surface area contributed by atoms with E-state index in [1.165, 1.54) is 6.92 Å². The Hall–Kier alpha value is -2.89. The van der Waals surface area contributed by atoms with Crippen LogP contribution < -0.4 is 4.74 Å². The molecule has 1 aromatic carbocycles. The number of Topliss-reactive ketones (excluding diaryl/α,β-unsaturated/α-hetero) is 2. The third-order valence-corrected chi connectivity index (χ3v) is 3.80. The highest BCUT2D eigenvalue weighted by atomic mass is 16.5. The number of H-pyrrole nitrogens is 1. The molecule has 0 aliphatic heterocycles. The largest absolute Gasteiger partial charge is 0.494 e. The molecule has 0 bridgehead atoms. The normalized spacial score (nSPS) is 10.4. The van der Waals surface area contributed by atoms with Crippen molar-refractivity contribution >= 4 is 17.5 Å². The molecule has 6 heteroatoms. The van der Waals surface area contributed by atoms with Gasteiger partial charge in [0.05, 0.1) is 17.9 Å². The van der Waals surface area contributed by atoms with Crippen molar-refractivity contribution in [2.24, 2.45) is 0 Å². The van der Waals surface area contributed by atoms with Crippen LogP contribution in [0.3, 0.4) is 0 Å². The van der Waals surface area contributed by atoms with Crippen LogP contribution in [0.4, 0.5) is 0 Å². The molecule has 0 amide bonds. The number of ether oxygens (including phenoxy) is 2. The lowest BCUT2D eigenvalue weighted by molar-refractivity contribution is 0.0473. The van der Waals surface area contributed by atoms with Crippen molar-refractivity contribution in [1.82, 2.24) is 4.98 Å². The fourth-order valence-electron chi connectivity index (χ4n) is 2.70. The van der Waals surface area contributed by atoms with Crippen LogP contribution in [0.15, 0.2) is 24.3 Å². The highest BCUT2D eigenvalue weighted by molar-refractivity contribution is 6.04. The van der Waals surface area contributed by atoms with Crippen LogP contribution in [0, 0.1) is 13.8 Å². The van der Waals surface area contributed by atoms with E-state index in [1.54, 1.807) is 38.1 Å². The summed E-state index contributed by atoms with van der Waals surface area (Å²) in [5, 5.41) is 0. The summed E-state index contributed by atoms with van der Waals surface area (Å²) in [6.07, 6.45) is 0. The molecule has 2 rings (SSSR count). The molecule has 0 radical (unpaired) electrons. The molecule has 0 spiro atoms. The number of ketones is 2. The summed E-state index contributed by atoms with van der Waals surface area (Å²) in [7, 11) is 0. The first-order chi connectivity index (χ1) is 11.8. The van der Waals surface area contributed by atoms with Gasteiger partial charge in [-0.1, -0.05) is 0 Å². The summed E-state index contributed by atoms with van der Waals surface area (Å²) >= 11 is 0. The standard InChI is InChI=1S/C19H21NO5/c1-5-24-15-8-6-14(7-9-15)19(23)25-10-16(22)18-11(2)17(13(4)21)12(3)20-18/h6-9,20H,5,10H2,1-4H3. The quantitative estimate of drug-likeness (QED) is 0.616. The highest BCUT2D eigenvalue weighted by Gasteiger charge is 2.21. The smallest absolute Gasteiger partial charge is 0.338 e. The third-order valence-electron chi connectivity index (χ3n) is 3.80. The van der Waals surface area contributed by atoms with Gasteiger partial charge in [0.15, 0.2) is 12.4 Å². The predicted molar refractivity (Wildman–Crippen MR) is 92.5 cm³/mol. The summed E-state index contributed by atoms with van der Waals surface area (Å²) < 4.78 is 10.4. The molecule has 0 saturated carbocycles. The van der Waals surface area contributed by atoms with E-state index >= 15 is 0 Å². The number of carbonyl (C=O) groups excluding carboxylic acids is 3. The second-order valence-electron chi connectivity index (χ2n) is 5.64. The molecule has 0 unspecified atom stereocenters. The predicted octanol–water partition coefficient (Wildman–Crippen LogP) is 3.27. The first-order valence-electron chi connectivity index (χ1n) is 7.98. The average molecular weight is 343 g/mol. The molecule has 1 N–H and O–H groups in total. The second-order valence-corrected chi connectivity index (χ2v) is 5.64. The van der Waals surface area contributed by atoms with E-state index in [0.29, 0.717) is 40.4 Å². The number of carbonyl (C=O) groups is 3. The van der Waals surface area contributed by atoms with Gasteiger partial charge in [-0.3, -0.25) is 9.59 Å². The van der Waals surface area contributed by atoms with Crippen molar-refractivity contribution < 1.29 is 23.9 Å². The first-order valence-corrected chi connectivity index (χ1v) is 7.98. The summed E-state index contributed by atoms with van der Waals surface area (Å²) in [4.78, 5) is 38.8. The van der Waals surface area contributed by atoms with E-state index in [-0.39, 0.29) is 11.6 Å². The second kappa shape index (κ2) is 7.79. The number of hydrogen-bond donors (Lipinski definition) is 1. The van der Waals surface area contributed by atoms with Crippen LogP contribution in [-0.4, -0.2) is 35.7 Å². The fourth-order valence-corrected chi connectivity index (χ4v) is 2.70. The van der Waals surface area contributed by atoms with Crippen LogP contribution >= 0.6 is 0 Å². The minimum absolute atomic E-state index is 0.114. The van der Waals surface area contributed by atoms with Gasteiger partial charge in [-0.15, -0.1) is 0 Å². The number of aromatic nitrogens is 1. The number of hydrogen-bond acceptors (Lipinski definition) is 5. The van der Waals surface area contributed by atoms with Crippen molar-refractivity contribution in [2.75, 3.05) is 13.2 Å². The van der Waals surface area contributed by atoms with Gasteiger partial charge in [0.2, 0.25) is 5.78 Å². The minimum atomic E-state index is -0.593. The number of benzene rings is 1. The zero-order valence-electron chi connectivity index (χ0n) is 14.8. The van der Waals surface area contributed by atoms with E-state index in [9.17, 15) is 14.4 Å². The van der Waals surface area contributed by atoms with Crippen molar-refractivity contribution in [3.05, 3.63) is 52.3 Å². The van der Waals surface area contributed by atoms with E-state index < -0.39 is 12.6 Å². The Kier molecular flexibility index (Phi) is 5.75. The third kappa shape index (κ3) is 4.15. The maximum atomic E-state index is 12.3. The molecule has 0 aliphatic rings. The van der Waals surface area contributed by atoms with Crippen LogP contribution in [0.1, 0.15) is 56.3 Å². The molecule has 6 nitrogen and oxygen atoms in total. The van der Waals surface area contributed by atoms with Gasteiger partial charge in [0.1, 0.15) is 5.75 Å². The summed E-state index contributed by atoms with van der Waals surface area (Å²) in [6.45, 7) is 6.88. The Bertz CT molecular complexity index is 802. The van der Waals surface area contributed by atoms with Crippen molar-refractivity contribution in [2.45, 2.75) is 27.7 Å². The number of esters is 1. The van der Waals surface area contributed by atoms with Gasteiger partial charge >= 0.3 is 5.97 Å². The van der Waals surface area contributed by atoms with E-state index in [4.69, 9.17) is 9.47 Å². The zero-order chi connectivity index (χ0) is 18.6. The van der Waals surface area contributed by atoms with Crippen molar-refractivity contribution in [1.29, 1.82) is 0 Å². The molecule has 2 aromatic rings. The SMILES string of the molecule is CCOc1ccc(C(=O)OCC(=O)c2[nH]c(C)c(C(C)=O)c2C)cc1. The number of aromatic amines is 1. The summed E-state index contributed by atoms with van der Waals surface area (Å²) in [5.41, 5.74) is 2.33. The van der Waals surface area contributed by atoms with E-state index in [1.807, 2.05) is 6.92 Å². The molecular weight excluding hydrogens is 322 g/mol. The maximum Gasteiger partial charge on any atom is 0.338 e. The lowest BCUT2D eigenvalue weighted by atomic mass is 10.1. The van der Waals surface area contributed by atoms with E-state index in [2.05, 4.69) is 4.98 Å². The maximum absolute atomic E-state index is 12.3. The lowest BCUT2D eigenvalue weighted by Gasteiger charge is -2.06. The average Bonchev–Trinajstić information content (AvgIpc) is 2.88. The molecule has 0 saturated heterocycles. The van der Waals surface area contributed by atoms with Gasteiger partial charge in [-0.2, -0.15) is 0 Å². The van der Waals surface area contributed by atoms with Gasteiger partial charge in [0.25, 0.3) is 0 Å². The van der Waals surface area contributed by atoms with Crippen molar-refractivity contribution in [3.8, 4) is 5.75 Å². The van der Waals surface area contributed by atoms with Crippen LogP contribution in [0.25, 0.3) is 0 Å². The van der Waals surface area contributed by atoms with Crippen LogP contribution in [-0.2, 0) is 4.74 Å². The molecule has 1 aromatic heterocycles. The minimum Gasteiger partial charge on any atom is -0.494 e. The van der Waals surface area contributed by atoms with Crippen molar-refractivity contribution in [3.63, 3.8) is 0 Å². The Morgan fingerprint density at radius 2 is 1.72 bits per heavy atom. The lowest BCUT2D eigenvalue weighted by Crippen LogP contribution is -2.15. The van der Waals surface area contributed by atoms with Crippen LogP contribution in [0.2, 0.25) is 0 Å². The summed E-state index contributed by atoms with van der Waals surface area (Å²) in [5.74, 6) is -0.433. The van der Waals surface area contributed by atoms with Gasteiger partial charge in [0, 0.05) is 11.3 Å². The molecule has 0 atom stereocenters. The molecule has 1 heterocycles.